The molecule has 3 aromatic rings. The summed E-state index contributed by atoms with van der Waals surface area (Å²) in [6, 6.07) is 14.7. The zero-order valence-electron chi connectivity index (χ0n) is 19.3. The lowest BCUT2D eigenvalue weighted by Crippen LogP contribution is -2.11. The third-order valence-electron chi connectivity index (χ3n) is 5.21. The van der Waals surface area contributed by atoms with Crippen molar-refractivity contribution in [3.8, 4) is 17.1 Å². The topological polar surface area (TPSA) is 86.1 Å². The van der Waals surface area contributed by atoms with Crippen molar-refractivity contribution in [2.45, 2.75) is 51.2 Å². The Hall–Kier alpha value is -3.13. The number of carbonyl (C=O) groups excluding carboxylic acids is 2. The molecule has 174 valence electrons. The van der Waals surface area contributed by atoms with E-state index in [1.165, 1.54) is 11.8 Å². The van der Waals surface area contributed by atoms with E-state index >= 15 is 0 Å². The van der Waals surface area contributed by atoms with Crippen LogP contribution in [0.15, 0.2) is 53.7 Å². The lowest BCUT2D eigenvalue weighted by molar-refractivity contribution is -0.116. The van der Waals surface area contributed by atoms with Crippen LogP contribution in [0.4, 0.5) is 5.69 Å². The van der Waals surface area contributed by atoms with E-state index in [-0.39, 0.29) is 17.4 Å². The maximum Gasteiger partial charge on any atom is 0.224 e. The summed E-state index contributed by atoms with van der Waals surface area (Å²) in [5.74, 6) is 1.68. The third kappa shape index (κ3) is 6.44. The highest BCUT2D eigenvalue weighted by Crippen LogP contribution is 2.31. The maximum absolute atomic E-state index is 12.7. The number of thioether (sulfide) groups is 1. The average Bonchev–Trinajstić information content (AvgIpc) is 3.25. The highest BCUT2D eigenvalue weighted by molar-refractivity contribution is 7.99. The molecule has 2 aromatic carbocycles. The third-order valence-corrected chi connectivity index (χ3v) is 6.18. The van der Waals surface area contributed by atoms with Crippen LogP contribution in [-0.4, -0.2) is 39.3 Å². The minimum absolute atomic E-state index is 0.00262. The number of hydrogen-bond donors (Lipinski definition) is 1. The number of Topliss-reactive ketones (excluding diaryl/α,β-unsaturated/α-hetero) is 1. The van der Waals surface area contributed by atoms with Gasteiger partial charge in [0.05, 0.1) is 18.4 Å². The quantitative estimate of drug-likeness (QED) is 0.216. The Bertz CT molecular complexity index is 1080. The van der Waals surface area contributed by atoms with Crippen LogP contribution in [-0.2, 0) is 11.3 Å². The van der Waals surface area contributed by atoms with E-state index in [2.05, 4.69) is 22.4 Å². The van der Waals surface area contributed by atoms with Gasteiger partial charge in [0.1, 0.15) is 5.75 Å². The van der Waals surface area contributed by atoms with E-state index < -0.39 is 0 Å². The number of para-hydroxylation sites is 1. The zero-order valence-corrected chi connectivity index (χ0v) is 20.2. The van der Waals surface area contributed by atoms with Crippen LogP contribution in [0, 0.1) is 0 Å². The highest BCUT2D eigenvalue weighted by Gasteiger charge is 2.17. The van der Waals surface area contributed by atoms with Crippen molar-refractivity contribution in [1.29, 1.82) is 0 Å². The Labute approximate surface area is 198 Å². The average molecular weight is 467 g/mol. The summed E-state index contributed by atoms with van der Waals surface area (Å²) in [5, 5.41) is 12.2. The fourth-order valence-corrected chi connectivity index (χ4v) is 4.32. The van der Waals surface area contributed by atoms with E-state index in [4.69, 9.17) is 4.74 Å². The van der Waals surface area contributed by atoms with Gasteiger partial charge in [-0.25, -0.2) is 0 Å². The molecule has 33 heavy (non-hydrogen) atoms. The van der Waals surface area contributed by atoms with Crippen molar-refractivity contribution in [2.75, 3.05) is 18.2 Å². The summed E-state index contributed by atoms with van der Waals surface area (Å²) in [6.45, 7) is 4.80. The highest BCUT2D eigenvalue weighted by atomic mass is 32.2. The van der Waals surface area contributed by atoms with Gasteiger partial charge in [0.2, 0.25) is 5.91 Å². The molecule has 0 atom stereocenters. The standard InChI is InChI=1S/C25H30N4O3S/c1-4-6-7-12-23(31)26-19-15-13-18(14-16-19)21(30)17-33-25-28-27-24(29(25)5-2)20-10-8-9-11-22(20)32-3/h8-11,13-16H,4-7,12,17H2,1-3H3,(H,26,31). The molecule has 0 saturated heterocycles. The first kappa shape index (κ1) is 24.5. The molecule has 0 aliphatic carbocycles. The van der Waals surface area contributed by atoms with E-state index in [9.17, 15) is 9.59 Å². The molecule has 0 aliphatic rings. The number of ketones is 1. The van der Waals surface area contributed by atoms with Gasteiger partial charge in [-0.15, -0.1) is 10.2 Å². The fraction of sp³-hybridized carbons (Fsp3) is 0.360. The molecule has 0 saturated carbocycles. The second kappa shape index (κ2) is 12.2. The molecule has 0 spiro atoms. The largest absolute Gasteiger partial charge is 0.496 e. The van der Waals surface area contributed by atoms with Gasteiger partial charge in [0, 0.05) is 24.2 Å². The summed E-state index contributed by atoms with van der Waals surface area (Å²) < 4.78 is 7.43. The normalized spacial score (nSPS) is 10.8. The number of benzene rings is 2. The van der Waals surface area contributed by atoms with Crippen LogP contribution in [0.1, 0.15) is 49.9 Å². The molecule has 0 bridgehead atoms. The molecule has 1 heterocycles. The number of amides is 1. The summed E-state index contributed by atoms with van der Waals surface area (Å²) in [7, 11) is 1.63. The van der Waals surface area contributed by atoms with E-state index in [0.29, 0.717) is 35.2 Å². The van der Waals surface area contributed by atoms with Gasteiger partial charge in [-0.05, 0) is 49.7 Å². The van der Waals surface area contributed by atoms with Crippen molar-refractivity contribution >= 4 is 29.1 Å². The molecular weight excluding hydrogens is 436 g/mol. The molecule has 1 aromatic heterocycles. The van der Waals surface area contributed by atoms with Gasteiger partial charge >= 0.3 is 0 Å². The van der Waals surface area contributed by atoms with Gasteiger partial charge < -0.3 is 14.6 Å². The SMILES string of the molecule is CCCCCC(=O)Nc1ccc(C(=O)CSc2nnc(-c3ccccc3OC)n2CC)cc1. The number of methoxy groups -OCH3 is 1. The molecule has 3 rings (SSSR count). The minimum atomic E-state index is -0.00897. The first-order chi connectivity index (χ1) is 16.1. The number of unbranched alkanes of at least 4 members (excludes halogenated alkanes) is 2. The van der Waals surface area contributed by atoms with Crippen molar-refractivity contribution in [2.24, 2.45) is 0 Å². The molecule has 7 nitrogen and oxygen atoms in total. The second-order valence-electron chi connectivity index (χ2n) is 7.55. The first-order valence-electron chi connectivity index (χ1n) is 11.2. The van der Waals surface area contributed by atoms with Gasteiger partial charge in [-0.2, -0.15) is 0 Å². The molecule has 8 heteroatoms. The lowest BCUT2D eigenvalue weighted by Gasteiger charge is -2.10. The number of ether oxygens (including phenoxy) is 1. The Morgan fingerprint density at radius 3 is 2.48 bits per heavy atom. The summed E-state index contributed by atoms with van der Waals surface area (Å²) in [6.07, 6.45) is 3.53. The molecule has 1 amide bonds. The Morgan fingerprint density at radius 2 is 1.79 bits per heavy atom. The molecular formula is C25H30N4O3S. The molecule has 0 radical (unpaired) electrons. The van der Waals surface area contributed by atoms with Crippen LogP contribution in [0.2, 0.25) is 0 Å². The van der Waals surface area contributed by atoms with Gasteiger partial charge in [-0.1, -0.05) is 43.7 Å². The predicted molar refractivity (Wildman–Crippen MR) is 132 cm³/mol. The van der Waals surface area contributed by atoms with Gasteiger partial charge in [-0.3, -0.25) is 9.59 Å². The van der Waals surface area contributed by atoms with Crippen molar-refractivity contribution < 1.29 is 14.3 Å². The van der Waals surface area contributed by atoms with Crippen molar-refractivity contribution in [1.82, 2.24) is 14.8 Å². The van der Waals surface area contributed by atoms with Gasteiger partial charge in [0.25, 0.3) is 0 Å². The van der Waals surface area contributed by atoms with E-state index in [1.807, 2.05) is 35.8 Å². The van der Waals surface area contributed by atoms with Crippen LogP contribution >= 0.6 is 11.8 Å². The number of nitrogens with zero attached hydrogens (tertiary/aromatic N) is 3. The number of rotatable bonds is 12. The lowest BCUT2D eigenvalue weighted by atomic mass is 10.1. The van der Waals surface area contributed by atoms with Crippen LogP contribution < -0.4 is 10.1 Å². The summed E-state index contributed by atoms with van der Waals surface area (Å²) in [4.78, 5) is 24.7. The van der Waals surface area contributed by atoms with Crippen LogP contribution in [0.25, 0.3) is 11.4 Å². The number of carbonyl (C=O) groups is 2. The Kier molecular flexibility index (Phi) is 9.06. The van der Waals surface area contributed by atoms with E-state index in [1.54, 1.807) is 31.4 Å². The maximum atomic E-state index is 12.7. The summed E-state index contributed by atoms with van der Waals surface area (Å²) >= 11 is 1.36. The Morgan fingerprint density at radius 1 is 1.03 bits per heavy atom. The van der Waals surface area contributed by atoms with Crippen molar-refractivity contribution in [3.63, 3.8) is 0 Å². The number of aromatic nitrogens is 3. The fourth-order valence-electron chi connectivity index (χ4n) is 3.42. The minimum Gasteiger partial charge on any atom is -0.496 e. The van der Waals surface area contributed by atoms with Crippen LogP contribution in [0.5, 0.6) is 5.75 Å². The summed E-state index contributed by atoms with van der Waals surface area (Å²) in [5.41, 5.74) is 2.16. The van der Waals surface area contributed by atoms with Crippen LogP contribution in [0.3, 0.4) is 0 Å². The van der Waals surface area contributed by atoms with Crippen molar-refractivity contribution in [3.05, 3.63) is 54.1 Å². The molecule has 1 N–H and O–H groups in total. The number of anilines is 1. The first-order valence-corrected chi connectivity index (χ1v) is 12.2. The number of hydrogen-bond acceptors (Lipinski definition) is 6. The monoisotopic (exact) mass is 466 g/mol. The van der Waals surface area contributed by atoms with E-state index in [0.717, 1.165) is 30.6 Å². The molecule has 0 aliphatic heterocycles. The molecule has 0 fully saturated rings. The number of nitrogens with one attached hydrogen (secondary N) is 1. The predicted octanol–water partition coefficient (Wildman–Crippen LogP) is 5.47. The van der Waals surface area contributed by atoms with Gasteiger partial charge in [0.15, 0.2) is 16.8 Å². The Balaban J connectivity index is 1.62. The smallest absolute Gasteiger partial charge is 0.224 e. The zero-order chi connectivity index (χ0) is 23.6. The second-order valence-corrected chi connectivity index (χ2v) is 8.49. The molecule has 0 unspecified atom stereocenters.